The van der Waals surface area contributed by atoms with Crippen LogP contribution in [-0.4, -0.2) is 107 Å². The first-order valence-electron chi connectivity index (χ1n) is 20.2. The van der Waals surface area contributed by atoms with Gasteiger partial charge >= 0.3 is 0 Å². The Morgan fingerprint density at radius 2 is 1.55 bits per heavy atom. The van der Waals surface area contributed by atoms with Crippen LogP contribution in [0.2, 0.25) is 0 Å². The van der Waals surface area contributed by atoms with Gasteiger partial charge in [-0.2, -0.15) is 0 Å². The molecule has 14 nitrogen and oxygen atoms in total. The van der Waals surface area contributed by atoms with Crippen molar-refractivity contribution in [3.63, 3.8) is 0 Å². The molecule has 1 atom stereocenters. The van der Waals surface area contributed by atoms with E-state index in [0.29, 0.717) is 37.9 Å². The number of nitrogens with zero attached hydrogens (tertiary/aromatic N) is 5. The molecule has 4 amide bonds. The molecule has 3 aliphatic heterocycles. The summed E-state index contributed by atoms with van der Waals surface area (Å²) < 4.78 is 26.2. The first-order valence-corrected chi connectivity index (χ1v) is 20.2. The minimum atomic E-state index is -0.973. The summed E-state index contributed by atoms with van der Waals surface area (Å²) in [5.74, 6) is -1.37. The van der Waals surface area contributed by atoms with E-state index in [2.05, 4.69) is 56.1 Å². The molecule has 300 valence electrons. The molecule has 1 N–H and O–H groups in total. The third-order valence-corrected chi connectivity index (χ3v) is 11.8. The van der Waals surface area contributed by atoms with E-state index in [4.69, 9.17) is 18.9 Å². The molecule has 58 heavy (non-hydrogen) atoms. The van der Waals surface area contributed by atoms with Gasteiger partial charge < -0.3 is 28.4 Å². The summed E-state index contributed by atoms with van der Waals surface area (Å²) >= 11 is 0. The number of piperidine rings is 2. The lowest BCUT2D eigenvalue weighted by Crippen LogP contribution is -2.54. The van der Waals surface area contributed by atoms with E-state index in [1.54, 1.807) is 12.1 Å². The lowest BCUT2D eigenvalue weighted by molar-refractivity contribution is -0.136. The standard InChI is InChI=1S/C44H46N6O8/c1-48-37-11-14-45-26-36(37)33-6-3-27(21-39(33)48)28-4-10-41(46-25-28)58-32-23-31(24-32)56-18-2-17-55-19-20-57-30-12-15-49(16-13-30)29-5-7-34-35(22-29)44(54)50(43(34)53)38-8-9-40(51)47-42(38)52/h3-7,10-11,14,21-22,25-26,30-32,38H,2,8-9,12-13,15-20,23-24H2,1H3,(H,47,51,52). The number of rotatable bonds is 14. The zero-order chi connectivity index (χ0) is 39.8. The molecule has 1 saturated carbocycles. The van der Waals surface area contributed by atoms with Crippen LogP contribution in [0.4, 0.5) is 5.69 Å². The van der Waals surface area contributed by atoms with E-state index in [0.717, 1.165) is 83.3 Å². The molecule has 0 spiro atoms. The largest absolute Gasteiger partial charge is 0.474 e. The zero-order valence-corrected chi connectivity index (χ0v) is 32.4. The van der Waals surface area contributed by atoms with Crippen molar-refractivity contribution in [3.05, 3.63) is 84.3 Å². The number of carbonyl (C=O) groups excluding carboxylic acids is 4. The van der Waals surface area contributed by atoms with Crippen LogP contribution >= 0.6 is 0 Å². The topological polar surface area (TPSA) is 154 Å². The summed E-state index contributed by atoms with van der Waals surface area (Å²) in [4.78, 5) is 62.3. The Kier molecular flexibility index (Phi) is 10.6. The van der Waals surface area contributed by atoms with Crippen molar-refractivity contribution in [2.45, 2.75) is 69.3 Å². The minimum Gasteiger partial charge on any atom is -0.474 e. The second kappa shape index (κ2) is 16.3. The highest BCUT2D eigenvalue weighted by Gasteiger charge is 2.45. The number of nitrogens with one attached hydrogen (secondary N) is 1. The maximum absolute atomic E-state index is 13.2. The Hall–Kier alpha value is -5.70. The smallest absolute Gasteiger partial charge is 0.262 e. The van der Waals surface area contributed by atoms with Gasteiger partial charge in [-0.05, 0) is 67.6 Å². The van der Waals surface area contributed by atoms with Crippen molar-refractivity contribution >= 4 is 51.1 Å². The van der Waals surface area contributed by atoms with Crippen LogP contribution in [0.3, 0.4) is 0 Å². The van der Waals surface area contributed by atoms with E-state index in [1.165, 1.54) is 5.39 Å². The maximum Gasteiger partial charge on any atom is 0.262 e. The van der Waals surface area contributed by atoms with Crippen LogP contribution in [-0.2, 0) is 30.8 Å². The van der Waals surface area contributed by atoms with Gasteiger partial charge in [0.1, 0.15) is 12.1 Å². The van der Waals surface area contributed by atoms with Crippen LogP contribution in [0, 0.1) is 0 Å². The number of carbonyl (C=O) groups is 4. The third kappa shape index (κ3) is 7.54. The second-order valence-electron chi connectivity index (χ2n) is 15.5. The fourth-order valence-electron chi connectivity index (χ4n) is 8.50. The van der Waals surface area contributed by atoms with Crippen molar-refractivity contribution < 1.29 is 38.1 Å². The Labute approximate surface area is 335 Å². The average molecular weight is 787 g/mol. The van der Waals surface area contributed by atoms with E-state index in [1.807, 2.05) is 36.8 Å². The van der Waals surface area contributed by atoms with Crippen LogP contribution in [0.5, 0.6) is 5.88 Å². The predicted molar refractivity (Wildman–Crippen MR) is 215 cm³/mol. The quantitative estimate of drug-likeness (QED) is 0.117. The number of anilines is 1. The van der Waals surface area contributed by atoms with Gasteiger partial charge in [-0.1, -0.05) is 12.1 Å². The van der Waals surface area contributed by atoms with Gasteiger partial charge in [0.2, 0.25) is 17.7 Å². The first kappa shape index (κ1) is 37.9. The maximum atomic E-state index is 13.2. The molecule has 0 radical (unpaired) electrons. The average Bonchev–Trinajstić information content (AvgIpc) is 3.65. The molecule has 9 rings (SSSR count). The molecule has 0 bridgehead atoms. The number of imide groups is 2. The van der Waals surface area contributed by atoms with E-state index in [9.17, 15) is 19.2 Å². The van der Waals surface area contributed by atoms with Crippen molar-refractivity contribution in [2.75, 3.05) is 44.4 Å². The number of amides is 4. The van der Waals surface area contributed by atoms with Gasteiger partial charge in [-0.25, -0.2) is 4.98 Å². The van der Waals surface area contributed by atoms with Crippen LogP contribution in [0.25, 0.3) is 32.9 Å². The van der Waals surface area contributed by atoms with Gasteiger partial charge in [0.05, 0.1) is 42.1 Å². The second-order valence-corrected chi connectivity index (χ2v) is 15.5. The first-order chi connectivity index (χ1) is 28.3. The Bertz CT molecular complexity index is 2370. The highest BCUT2D eigenvalue weighted by atomic mass is 16.5. The Morgan fingerprint density at radius 3 is 2.36 bits per heavy atom. The van der Waals surface area contributed by atoms with Crippen molar-refractivity contribution in [3.8, 4) is 17.0 Å². The summed E-state index contributed by atoms with van der Waals surface area (Å²) in [6.07, 6.45) is 10.4. The number of fused-ring (bicyclic) bond motifs is 4. The zero-order valence-electron chi connectivity index (χ0n) is 32.4. The number of aryl methyl sites for hydroxylation is 1. The molecule has 5 aromatic rings. The Balaban J connectivity index is 0.629. The molecular weight excluding hydrogens is 741 g/mol. The number of benzene rings is 2. The fourth-order valence-corrected chi connectivity index (χ4v) is 8.50. The van der Waals surface area contributed by atoms with Crippen LogP contribution in [0.1, 0.15) is 65.7 Å². The van der Waals surface area contributed by atoms with Gasteiger partial charge in [0, 0.05) is 105 Å². The number of hydrogen-bond acceptors (Lipinski definition) is 11. The number of pyridine rings is 2. The summed E-state index contributed by atoms with van der Waals surface area (Å²) in [6.45, 7) is 3.78. The van der Waals surface area contributed by atoms with Gasteiger partial charge in [-0.3, -0.25) is 34.4 Å². The van der Waals surface area contributed by atoms with Crippen LogP contribution in [0.15, 0.2) is 73.2 Å². The highest BCUT2D eigenvalue weighted by Crippen LogP contribution is 2.34. The molecule has 4 aliphatic rings. The van der Waals surface area contributed by atoms with Crippen molar-refractivity contribution in [1.29, 1.82) is 0 Å². The molecule has 1 aliphatic carbocycles. The van der Waals surface area contributed by atoms with Gasteiger partial charge in [0.15, 0.2) is 0 Å². The molecular formula is C44H46N6O8. The van der Waals surface area contributed by atoms with Crippen LogP contribution < -0.4 is 15.0 Å². The normalized spacial score (nSPS) is 21.2. The summed E-state index contributed by atoms with van der Waals surface area (Å²) in [5, 5.41) is 4.57. The molecule has 14 heteroatoms. The summed E-state index contributed by atoms with van der Waals surface area (Å²) in [7, 11) is 2.08. The molecule has 3 fully saturated rings. The number of hydrogen-bond donors (Lipinski definition) is 1. The third-order valence-electron chi connectivity index (χ3n) is 11.8. The highest BCUT2D eigenvalue weighted by molar-refractivity contribution is 6.23. The molecule has 2 saturated heterocycles. The monoisotopic (exact) mass is 786 g/mol. The van der Waals surface area contributed by atoms with E-state index in [-0.39, 0.29) is 36.7 Å². The summed E-state index contributed by atoms with van der Waals surface area (Å²) in [5.41, 5.74) is 5.90. The number of aromatic nitrogens is 3. The summed E-state index contributed by atoms with van der Waals surface area (Å²) in [6, 6.07) is 16.8. The lowest BCUT2D eigenvalue weighted by atomic mass is 9.92. The molecule has 1 unspecified atom stereocenters. The van der Waals surface area contributed by atoms with E-state index >= 15 is 0 Å². The SMILES string of the molecule is Cn1c2ccncc2c2ccc(-c3ccc(OC4CC(OCCCOCCOC5CCN(c6ccc7c(c6)C(=O)N(C6CCC(=O)NC6=O)C7=O)CC5)C4)nc3)cc21. The lowest BCUT2D eigenvalue weighted by Gasteiger charge is -2.34. The molecule has 3 aromatic heterocycles. The van der Waals surface area contributed by atoms with Gasteiger partial charge in [-0.15, -0.1) is 0 Å². The van der Waals surface area contributed by atoms with E-state index < -0.39 is 29.7 Å². The Morgan fingerprint density at radius 1 is 0.741 bits per heavy atom. The van der Waals surface area contributed by atoms with Crippen molar-refractivity contribution in [1.82, 2.24) is 24.8 Å². The minimum absolute atomic E-state index is 0.0908. The fraction of sp³-hybridized carbons (Fsp3) is 0.409. The predicted octanol–water partition coefficient (Wildman–Crippen LogP) is 5.21. The molecule has 6 heterocycles. The van der Waals surface area contributed by atoms with Crippen molar-refractivity contribution in [2.24, 2.45) is 7.05 Å². The van der Waals surface area contributed by atoms with Gasteiger partial charge in [0.25, 0.3) is 11.8 Å². The number of ether oxygens (including phenoxy) is 4. The molecule has 2 aromatic carbocycles.